The van der Waals surface area contributed by atoms with E-state index in [-0.39, 0.29) is 18.2 Å². The van der Waals surface area contributed by atoms with Gasteiger partial charge in [0.05, 0.1) is 28.5 Å². The van der Waals surface area contributed by atoms with Gasteiger partial charge in [0, 0.05) is 0 Å². The third kappa shape index (κ3) is 3.36. The predicted octanol–water partition coefficient (Wildman–Crippen LogP) is 3.72. The van der Waals surface area contributed by atoms with E-state index < -0.39 is 6.04 Å². The highest BCUT2D eigenvalue weighted by molar-refractivity contribution is 6.33. The summed E-state index contributed by atoms with van der Waals surface area (Å²) < 4.78 is 0. The van der Waals surface area contributed by atoms with E-state index in [1.807, 2.05) is 26.0 Å². The van der Waals surface area contributed by atoms with Crippen LogP contribution in [0, 0.1) is 13.8 Å². The minimum atomic E-state index is -0.623. The molecular weight excluding hydrogens is 326 g/mol. The maximum atomic E-state index is 12.2. The Balaban J connectivity index is 1.71. The van der Waals surface area contributed by atoms with Gasteiger partial charge < -0.3 is 16.0 Å². The van der Waals surface area contributed by atoms with E-state index in [0.717, 1.165) is 22.5 Å². The van der Waals surface area contributed by atoms with Gasteiger partial charge >= 0.3 is 0 Å². The van der Waals surface area contributed by atoms with Gasteiger partial charge in [0.2, 0.25) is 11.8 Å². The van der Waals surface area contributed by atoms with Crippen molar-refractivity contribution in [1.82, 2.24) is 0 Å². The smallest absolute Gasteiger partial charge is 0.247 e. The first-order valence-corrected chi connectivity index (χ1v) is 8.05. The Morgan fingerprint density at radius 1 is 1.17 bits per heavy atom. The molecule has 1 atom stereocenters. The fourth-order valence-corrected chi connectivity index (χ4v) is 2.79. The molecule has 0 saturated carbocycles. The Morgan fingerprint density at radius 3 is 2.54 bits per heavy atom. The Morgan fingerprint density at radius 2 is 1.83 bits per heavy atom. The van der Waals surface area contributed by atoms with Crippen LogP contribution < -0.4 is 16.0 Å². The lowest BCUT2D eigenvalue weighted by Gasteiger charge is -2.27. The topological polar surface area (TPSA) is 70.2 Å². The first kappa shape index (κ1) is 16.3. The normalized spacial score (nSPS) is 16.0. The highest BCUT2D eigenvalue weighted by Gasteiger charge is 2.28. The summed E-state index contributed by atoms with van der Waals surface area (Å²) in [5, 5.41) is 9.18. The Bertz CT molecular complexity index is 820. The number of hydrogen-bond donors (Lipinski definition) is 3. The third-order valence-corrected chi connectivity index (χ3v) is 4.41. The van der Waals surface area contributed by atoms with Gasteiger partial charge in [0.25, 0.3) is 0 Å². The molecule has 2 aromatic carbocycles. The van der Waals surface area contributed by atoms with Gasteiger partial charge in [-0.05, 0) is 49.2 Å². The Hall–Kier alpha value is -2.53. The maximum Gasteiger partial charge on any atom is 0.247 e. The lowest BCUT2D eigenvalue weighted by molar-refractivity contribution is -0.122. The SMILES string of the molecule is Cc1cc2c(cc1C)N[C@@H](CC(=O)Nc1ccccc1Cl)C(=O)N2. The van der Waals surface area contributed by atoms with Gasteiger partial charge in [0.15, 0.2) is 0 Å². The van der Waals surface area contributed by atoms with E-state index in [9.17, 15) is 9.59 Å². The van der Waals surface area contributed by atoms with Crippen molar-refractivity contribution >= 4 is 40.5 Å². The number of para-hydroxylation sites is 1. The number of fused-ring (bicyclic) bond motifs is 1. The second-order valence-corrected chi connectivity index (χ2v) is 6.31. The lowest BCUT2D eigenvalue weighted by Crippen LogP contribution is -2.41. The number of hydrogen-bond acceptors (Lipinski definition) is 3. The zero-order valence-corrected chi connectivity index (χ0v) is 14.2. The number of aryl methyl sites for hydroxylation is 2. The monoisotopic (exact) mass is 343 g/mol. The average molecular weight is 344 g/mol. The number of anilines is 3. The summed E-state index contributed by atoms with van der Waals surface area (Å²) in [6.45, 7) is 4.00. The fourth-order valence-electron chi connectivity index (χ4n) is 2.61. The van der Waals surface area contributed by atoms with Crippen molar-refractivity contribution in [3.63, 3.8) is 0 Å². The number of rotatable bonds is 3. The number of carbonyl (C=O) groups is 2. The molecule has 2 amide bonds. The van der Waals surface area contributed by atoms with Crippen LogP contribution in [0.1, 0.15) is 17.5 Å². The molecule has 24 heavy (non-hydrogen) atoms. The van der Waals surface area contributed by atoms with Gasteiger partial charge in [-0.15, -0.1) is 0 Å². The molecule has 2 aromatic rings. The standard InChI is InChI=1S/C18H18ClN3O2/c1-10-7-14-15(8-11(10)2)22-18(24)16(20-14)9-17(23)21-13-6-4-3-5-12(13)19/h3-8,16,20H,9H2,1-2H3,(H,21,23)(H,22,24)/t16-/m0/s1. The van der Waals surface area contributed by atoms with Crippen LogP contribution in [-0.2, 0) is 9.59 Å². The van der Waals surface area contributed by atoms with E-state index in [2.05, 4.69) is 16.0 Å². The second kappa shape index (κ2) is 6.53. The van der Waals surface area contributed by atoms with Crippen molar-refractivity contribution in [3.05, 3.63) is 52.5 Å². The molecule has 0 unspecified atom stereocenters. The van der Waals surface area contributed by atoms with Crippen LogP contribution >= 0.6 is 11.6 Å². The van der Waals surface area contributed by atoms with Crippen LogP contribution in [-0.4, -0.2) is 17.9 Å². The van der Waals surface area contributed by atoms with Gasteiger partial charge in [-0.2, -0.15) is 0 Å². The zero-order chi connectivity index (χ0) is 17.3. The fraction of sp³-hybridized carbons (Fsp3) is 0.222. The highest BCUT2D eigenvalue weighted by atomic mass is 35.5. The molecule has 0 aromatic heterocycles. The number of carbonyl (C=O) groups excluding carboxylic acids is 2. The van der Waals surface area contributed by atoms with Crippen molar-refractivity contribution in [2.75, 3.05) is 16.0 Å². The van der Waals surface area contributed by atoms with E-state index in [0.29, 0.717) is 10.7 Å². The largest absolute Gasteiger partial charge is 0.372 e. The van der Waals surface area contributed by atoms with Crippen molar-refractivity contribution in [3.8, 4) is 0 Å². The van der Waals surface area contributed by atoms with Gasteiger partial charge in [0.1, 0.15) is 6.04 Å². The van der Waals surface area contributed by atoms with E-state index in [1.54, 1.807) is 24.3 Å². The van der Waals surface area contributed by atoms with Gasteiger partial charge in [-0.25, -0.2) is 0 Å². The van der Waals surface area contributed by atoms with Gasteiger partial charge in [-0.3, -0.25) is 9.59 Å². The molecule has 3 N–H and O–H groups in total. The molecule has 0 bridgehead atoms. The number of nitrogens with one attached hydrogen (secondary N) is 3. The van der Waals surface area contributed by atoms with Gasteiger partial charge in [-0.1, -0.05) is 23.7 Å². The van der Waals surface area contributed by atoms with E-state index in [1.165, 1.54) is 0 Å². The summed E-state index contributed by atoms with van der Waals surface area (Å²) in [5.41, 5.74) is 4.33. The van der Waals surface area contributed by atoms with E-state index in [4.69, 9.17) is 11.6 Å². The molecule has 0 spiro atoms. The molecule has 5 nitrogen and oxygen atoms in total. The van der Waals surface area contributed by atoms with Crippen molar-refractivity contribution < 1.29 is 9.59 Å². The highest BCUT2D eigenvalue weighted by Crippen LogP contribution is 2.30. The van der Waals surface area contributed by atoms with Crippen LogP contribution in [0.15, 0.2) is 36.4 Å². The minimum absolute atomic E-state index is 0.0173. The third-order valence-electron chi connectivity index (χ3n) is 4.08. The van der Waals surface area contributed by atoms with Crippen LogP contribution in [0.3, 0.4) is 0 Å². The molecule has 3 rings (SSSR count). The molecule has 6 heteroatoms. The molecule has 0 radical (unpaired) electrons. The molecule has 0 aliphatic carbocycles. The molecule has 1 aliphatic rings. The van der Waals surface area contributed by atoms with E-state index >= 15 is 0 Å². The molecule has 1 heterocycles. The summed E-state index contributed by atoms with van der Waals surface area (Å²) in [7, 11) is 0. The summed E-state index contributed by atoms with van der Waals surface area (Å²) in [4.78, 5) is 24.5. The summed E-state index contributed by atoms with van der Waals surface area (Å²) in [6.07, 6.45) is 0.0173. The first-order chi connectivity index (χ1) is 11.4. The molecule has 124 valence electrons. The second-order valence-electron chi connectivity index (χ2n) is 5.90. The predicted molar refractivity (Wildman–Crippen MR) is 96.7 cm³/mol. The quantitative estimate of drug-likeness (QED) is 0.795. The minimum Gasteiger partial charge on any atom is -0.372 e. The van der Waals surface area contributed by atoms with Crippen LogP contribution in [0.5, 0.6) is 0 Å². The first-order valence-electron chi connectivity index (χ1n) is 7.67. The molecule has 1 aliphatic heterocycles. The lowest BCUT2D eigenvalue weighted by atomic mass is 10.0. The van der Waals surface area contributed by atoms with Crippen LogP contribution in [0.25, 0.3) is 0 Å². The molecular formula is C18H18ClN3O2. The number of benzene rings is 2. The maximum absolute atomic E-state index is 12.2. The molecule has 0 fully saturated rings. The van der Waals surface area contributed by atoms with Crippen LogP contribution in [0.4, 0.5) is 17.1 Å². The summed E-state index contributed by atoms with van der Waals surface area (Å²) in [5.74, 6) is -0.497. The van der Waals surface area contributed by atoms with Crippen molar-refractivity contribution in [2.24, 2.45) is 0 Å². The Labute approximate surface area is 145 Å². The zero-order valence-electron chi connectivity index (χ0n) is 13.4. The van der Waals surface area contributed by atoms with Crippen molar-refractivity contribution in [1.29, 1.82) is 0 Å². The summed E-state index contributed by atoms with van der Waals surface area (Å²) in [6, 6.07) is 10.3. The Kier molecular flexibility index (Phi) is 4.44. The number of halogens is 1. The summed E-state index contributed by atoms with van der Waals surface area (Å²) >= 11 is 6.03. The molecule has 0 saturated heterocycles. The average Bonchev–Trinajstić information content (AvgIpc) is 2.52. The van der Waals surface area contributed by atoms with Crippen LogP contribution in [0.2, 0.25) is 5.02 Å². The van der Waals surface area contributed by atoms with Crippen molar-refractivity contribution in [2.45, 2.75) is 26.3 Å². The number of amides is 2.